The Morgan fingerprint density at radius 1 is 1.22 bits per heavy atom. The van der Waals surface area contributed by atoms with Gasteiger partial charge in [-0.3, -0.25) is 9.59 Å². The maximum Gasteiger partial charge on any atom is 0.309 e. The summed E-state index contributed by atoms with van der Waals surface area (Å²) in [5.41, 5.74) is -0.165. The first-order valence-electron chi connectivity index (χ1n) is 9.86. The van der Waals surface area contributed by atoms with Crippen molar-refractivity contribution in [2.45, 2.75) is 38.9 Å². The number of Topliss-reactive ketones (excluding diaryl/α,β-unsaturated/α-hetero) is 1. The summed E-state index contributed by atoms with van der Waals surface area (Å²) >= 11 is 12.1. The third-order valence-corrected chi connectivity index (χ3v) is 5.19. The SMILES string of the molecule is C=CC[C@@H](Oc1ccc(Cl)cc1Cl)[C@H](C)OC(=O)[C@H](C)CC(=O)c1nccc(OC)c1O. The summed E-state index contributed by atoms with van der Waals surface area (Å²) in [6.07, 6.45) is 1.96. The van der Waals surface area contributed by atoms with E-state index in [1.165, 1.54) is 19.4 Å². The summed E-state index contributed by atoms with van der Waals surface area (Å²) in [7, 11) is 1.36. The van der Waals surface area contributed by atoms with Crippen molar-refractivity contribution >= 4 is 35.0 Å². The van der Waals surface area contributed by atoms with Crippen molar-refractivity contribution in [3.8, 4) is 17.2 Å². The average Bonchev–Trinajstić information content (AvgIpc) is 2.74. The molecular weight excluding hydrogens is 457 g/mol. The van der Waals surface area contributed by atoms with Gasteiger partial charge in [-0.25, -0.2) is 4.98 Å². The quantitative estimate of drug-likeness (QED) is 0.265. The van der Waals surface area contributed by atoms with Crippen LogP contribution in [0.5, 0.6) is 17.2 Å². The van der Waals surface area contributed by atoms with Crippen molar-refractivity contribution in [2.24, 2.45) is 5.92 Å². The van der Waals surface area contributed by atoms with Crippen LogP contribution in [0.2, 0.25) is 10.0 Å². The van der Waals surface area contributed by atoms with Crippen LogP contribution in [0, 0.1) is 5.92 Å². The van der Waals surface area contributed by atoms with Crippen molar-refractivity contribution < 1.29 is 28.9 Å². The van der Waals surface area contributed by atoms with Crippen LogP contribution < -0.4 is 9.47 Å². The number of aromatic nitrogens is 1. The molecule has 3 atom stereocenters. The van der Waals surface area contributed by atoms with Crippen LogP contribution in [-0.2, 0) is 9.53 Å². The van der Waals surface area contributed by atoms with Crippen LogP contribution >= 0.6 is 23.2 Å². The minimum Gasteiger partial charge on any atom is -0.503 e. The number of carbonyl (C=O) groups excluding carboxylic acids is 2. The van der Waals surface area contributed by atoms with Crippen molar-refractivity contribution in [1.29, 1.82) is 0 Å². The molecule has 7 nitrogen and oxygen atoms in total. The minimum absolute atomic E-state index is 0.123. The molecule has 0 aliphatic heterocycles. The number of halogens is 2. The lowest BCUT2D eigenvalue weighted by Crippen LogP contribution is -2.35. The fourth-order valence-electron chi connectivity index (χ4n) is 2.87. The van der Waals surface area contributed by atoms with E-state index in [2.05, 4.69) is 11.6 Å². The molecule has 32 heavy (non-hydrogen) atoms. The number of carbonyl (C=O) groups is 2. The van der Waals surface area contributed by atoms with E-state index >= 15 is 0 Å². The normalized spacial score (nSPS) is 13.5. The lowest BCUT2D eigenvalue weighted by molar-refractivity contribution is -0.157. The second-order valence-electron chi connectivity index (χ2n) is 7.14. The molecular formula is C23H25Cl2NO6. The molecule has 1 aromatic carbocycles. The van der Waals surface area contributed by atoms with Gasteiger partial charge in [-0.1, -0.05) is 36.2 Å². The van der Waals surface area contributed by atoms with Gasteiger partial charge in [-0.2, -0.15) is 0 Å². The molecule has 0 unspecified atom stereocenters. The zero-order valence-corrected chi connectivity index (χ0v) is 19.5. The monoisotopic (exact) mass is 481 g/mol. The van der Waals surface area contributed by atoms with Gasteiger partial charge in [0.15, 0.2) is 23.0 Å². The van der Waals surface area contributed by atoms with E-state index in [1.807, 2.05) is 0 Å². The number of aromatic hydroxyl groups is 1. The van der Waals surface area contributed by atoms with E-state index in [0.717, 1.165) is 0 Å². The summed E-state index contributed by atoms with van der Waals surface area (Å²) < 4.78 is 16.4. The van der Waals surface area contributed by atoms with Crippen molar-refractivity contribution in [2.75, 3.05) is 7.11 Å². The Bertz CT molecular complexity index is 981. The van der Waals surface area contributed by atoms with Gasteiger partial charge >= 0.3 is 5.97 Å². The van der Waals surface area contributed by atoms with Crippen molar-refractivity contribution in [3.63, 3.8) is 0 Å². The topological polar surface area (TPSA) is 95.0 Å². The summed E-state index contributed by atoms with van der Waals surface area (Å²) in [5.74, 6) is -1.72. The van der Waals surface area contributed by atoms with Crippen molar-refractivity contribution in [3.05, 3.63) is 58.9 Å². The average molecular weight is 482 g/mol. The molecule has 0 saturated heterocycles. The maximum atomic E-state index is 12.6. The van der Waals surface area contributed by atoms with E-state index in [1.54, 1.807) is 38.1 Å². The lowest BCUT2D eigenvalue weighted by Gasteiger charge is -2.26. The number of hydrogen-bond acceptors (Lipinski definition) is 7. The Kier molecular flexibility index (Phi) is 9.35. The largest absolute Gasteiger partial charge is 0.503 e. The van der Waals surface area contributed by atoms with E-state index < -0.39 is 29.9 Å². The molecule has 0 aliphatic rings. The predicted octanol–water partition coefficient (Wildman–Crippen LogP) is 5.27. The van der Waals surface area contributed by atoms with Gasteiger partial charge in [0.2, 0.25) is 0 Å². The molecule has 0 aliphatic carbocycles. The first-order valence-corrected chi connectivity index (χ1v) is 10.6. The van der Waals surface area contributed by atoms with Gasteiger partial charge in [0.1, 0.15) is 18.0 Å². The second kappa shape index (κ2) is 11.7. The Balaban J connectivity index is 2.03. The molecule has 1 heterocycles. The molecule has 0 saturated carbocycles. The summed E-state index contributed by atoms with van der Waals surface area (Å²) in [6, 6.07) is 6.25. The number of pyridine rings is 1. The molecule has 0 spiro atoms. The fourth-order valence-corrected chi connectivity index (χ4v) is 3.33. The van der Waals surface area contributed by atoms with E-state index in [9.17, 15) is 14.7 Å². The molecule has 0 fully saturated rings. The number of esters is 1. The van der Waals surface area contributed by atoms with Gasteiger partial charge in [0, 0.05) is 30.1 Å². The lowest BCUT2D eigenvalue weighted by atomic mass is 10.0. The van der Waals surface area contributed by atoms with E-state index in [4.69, 9.17) is 37.4 Å². The van der Waals surface area contributed by atoms with Crippen LogP contribution in [0.25, 0.3) is 0 Å². The summed E-state index contributed by atoms with van der Waals surface area (Å²) in [4.78, 5) is 29.0. The molecule has 2 aromatic rings. The van der Waals surface area contributed by atoms with E-state index in [0.29, 0.717) is 22.2 Å². The molecule has 172 valence electrons. The molecule has 0 bridgehead atoms. The highest BCUT2D eigenvalue weighted by molar-refractivity contribution is 6.35. The van der Waals surface area contributed by atoms with Crippen LogP contribution in [-0.4, -0.2) is 41.2 Å². The number of ether oxygens (including phenoxy) is 3. The van der Waals surface area contributed by atoms with Gasteiger partial charge < -0.3 is 19.3 Å². The first-order chi connectivity index (χ1) is 15.2. The van der Waals surface area contributed by atoms with Gasteiger partial charge in [-0.15, -0.1) is 6.58 Å². The van der Waals surface area contributed by atoms with Crippen molar-refractivity contribution in [1.82, 2.24) is 4.98 Å². The first kappa shape index (κ1) is 25.5. The predicted molar refractivity (Wildman–Crippen MR) is 122 cm³/mol. The highest BCUT2D eigenvalue weighted by Crippen LogP contribution is 2.31. The molecule has 9 heteroatoms. The van der Waals surface area contributed by atoms with Crippen LogP contribution in [0.3, 0.4) is 0 Å². The Hall–Kier alpha value is -2.77. The smallest absolute Gasteiger partial charge is 0.309 e. The number of hydrogen-bond donors (Lipinski definition) is 1. The summed E-state index contributed by atoms with van der Waals surface area (Å²) in [6.45, 7) is 6.95. The molecule has 1 N–H and O–H groups in total. The highest BCUT2D eigenvalue weighted by atomic mass is 35.5. The molecule has 2 rings (SSSR count). The third-order valence-electron chi connectivity index (χ3n) is 4.66. The second-order valence-corrected chi connectivity index (χ2v) is 7.98. The number of rotatable bonds is 11. The summed E-state index contributed by atoms with van der Waals surface area (Å²) in [5, 5.41) is 10.9. The van der Waals surface area contributed by atoms with Gasteiger partial charge in [-0.05, 0) is 25.1 Å². The third kappa shape index (κ3) is 6.61. The highest BCUT2D eigenvalue weighted by Gasteiger charge is 2.28. The molecule has 1 aromatic heterocycles. The van der Waals surface area contributed by atoms with Crippen LogP contribution in [0.15, 0.2) is 43.1 Å². The Morgan fingerprint density at radius 3 is 2.56 bits per heavy atom. The zero-order chi connectivity index (χ0) is 23.8. The Morgan fingerprint density at radius 2 is 1.94 bits per heavy atom. The number of methoxy groups -OCH3 is 1. The zero-order valence-electron chi connectivity index (χ0n) is 18.0. The molecule has 0 radical (unpaired) electrons. The fraction of sp³-hybridized carbons (Fsp3) is 0.348. The maximum absolute atomic E-state index is 12.6. The number of benzene rings is 1. The van der Waals surface area contributed by atoms with Crippen LogP contribution in [0.1, 0.15) is 37.2 Å². The standard InChI is InChI=1S/C23H25Cl2NO6/c1-5-6-18(32-19-8-7-15(24)12-16(19)25)14(3)31-23(29)13(2)11-17(27)21-22(28)20(30-4)9-10-26-21/h5,7-10,12-14,18,28H,1,6,11H2,2-4H3/t13-,14+,18-/m1/s1. The molecule has 0 amide bonds. The number of nitrogens with zero attached hydrogens (tertiary/aromatic N) is 1. The Labute approximate surface area is 196 Å². The number of ketones is 1. The van der Waals surface area contributed by atoms with Gasteiger partial charge in [0.05, 0.1) is 18.1 Å². The minimum atomic E-state index is -0.777. The van der Waals surface area contributed by atoms with Gasteiger partial charge in [0.25, 0.3) is 0 Å². The van der Waals surface area contributed by atoms with E-state index in [-0.39, 0.29) is 23.6 Å². The van der Waals surface area contributed by atoms with Crippen LogP contribution in [0.4, 0.5) is 0 Å².